The van der Waals surface area contributed by atoms with Gasteiger partial charge < -0.3 is 14.6 Å². The third kappa shape index (κ3) is 3.54. The molecule has 0 spiro atoms. The number of carbonyl (C=O) groups is 2. The summed E-state index contributed by atoms with van der Waals surface area (Å²) in [6.45, 7) is 4.88. The molecule has 1 heterocycles. The maximum absolute atomic E-state index is 14.1. The third-order valence-electron chi connectivity index (χ3n) is 2.96. The number of rotatable bonds is 3. The summed E-state index contributed by atoms with van der Waals surface area (Å²) in [7, 11) is 0. The Morgan fingerprint density at radius 1 is 1.50 bits per heavy atom. The van der Waals surface area contributed by atoms with Crippen molar-refractivity contribution < 1.29 is 28.6 Å². The molecule has 1 amide bonds. The lowest BCUT2D eigenvalue weighted by molar-refractivity contribution is 0.00647. The van der Waals surface area contributed by atoms with Crippen LogP contribution in [0.2, 0.25) is 0 Å². The van der Waals surface area contributed by atoms with E-state index in [0.29, 0.717) is 0 Å². The van der Waals surface area contributed by atoms with Gasteiger partial charge in [0.2, 0.25) is 0 Å². The van der Waals surface area contributed by atoms with E-state index in [2.05, 4.69) is 0 Å². The second-order valence-corrected chi connectivity index (χ2v) is 5.96. The molecule has 22 heavy (non-hydrogen) atoms. The molecular formula is C15H18FNO5. The van der Waals surface area contributed by atoms with Crippen molar-refractivity contribution in [3.8, 4) is 0 Å². The predicted octanol–water partition coefficient (Wildman–Crippen LogP) is 2.10. The minimum absolute atomic E-state index is 0.126. The van der Waals surface area contributed by atoms with Crippen molar-refractivity contribution in [2.45, 2.75) is 32.5 Å². The van der Waals surface area contributed by atoms with Gasteiger partial charge in [0.15, 0.2) is 0 Å². The van der Waals surface area contributed by atoms with Gasteiger partial charge in [-0.3, -0.25) is 4.90 Å². The highest BCUT2D eigenvalue weighted by Crippen LogP contribution is 2.25. The summed E-state index contributed by atoms with van der Waals surface area (Å²) in [6, 6.07) is 3.77. The molecule has 0 radical (unpaired) electrons. The van der Waals surface area contributed by atoms with Crippen LogP contribution in [0.15, 0.2) is 18.2 Å². The Morgan fingerprint density at radius 2 is 2.18 bits per heavy atom. The Bertz CT molecular complexity index is 596. The Hall–Kier alpha value is -2.15. The van der Waals surface area contributed by atoms with Crippen LogP contribution in [-0.2, 0) is 9.47 Å². The summed E-state index contributed by atoms with van der Waals surface area (Å²) in [4.78, 5) is 24.7. The summed E-state index contributed by atoms with van der Waals surface area (Å²) >= 11 is 0. The van der Waals surface area contributed by atoms with E-state index in [9.17, 15) is 14.0 Å². The number of carbonyl (C=O) groups excluding carboxylic acids is 2. The zero-order valence-corrected chi connectivity index (χ0v) is 12.6. The van der Waals surface area contributed by atoms with E-state index in [1.807, 2.05) is 0 Å². The van der Waals surface area contributed by atoms with Crippen LogP contribution in [0.3, 0.4) is 0 Å². The van der Waals surface area contributed by atoms with E-state index in [4.69, 9.17) is 14.6 Å². The molecule has 0 unspecified atom stereocenters. The van der Waals surface area contributed by atoms with Gasteiger partial charge >= 0.3 is 12.1 Å². The van der Waals surface area contributed by atoms with E-state index in [-0.39, 0.29) is 24.4 Å². The summed E-state index contributed by atoms with van der Waals surface area (Å²) in [5.41, 5.74) is -0.675. The largest absolute Gasteiger partial charge is 0.456 e. The topological polar surface area (TPSA) is 76.1 Å². The zero-order chi connectivity index (χ0) is 16.5. The molecule has 0 saturated carbocycles. The number of amides is 1. The molecule has 120 valence electrons. The van der Waals surface area contributed by atoms with Gasteiger partial charge in [0, 0.05) is 0 Å². The van der Waals surface area contributed by atoms with Crippen molar-refractivity contribution in [1.29, 1.82) is 0 Å². The van der Waals surface area contributed by atoms with Crippen LogP contribution in [0.25, 0.3) is 0 Å². The molecule has 6 nitrogen and oxygen atoms in total. The van der Waals surface area contributed by atoms with Crippen molar-refractivity contribution in [3.05, 3.63) is 29.6 Å². The molecule has 0 aromatic heterocycles. The van der Waals surface area contributed by atoms with Crippen molar-refractivity contribution in [2.24, 2.45) is 0 Å². The third-order valence-corrected chi connectivity index (χ3v) is 2.96. The second kappa shape index (κ2) is 5.92. The number of esters is 1. The van der Waals surface area contributed by atoms with Gasteiger partial charge in [0.25, 0.3) is 0 Å². The number of nitrogens with zero attached hydrogens (tertiary/aromatic N) is 1. The Morgan fingerprint density at radius 3 is 2.68 bits per heavy atom. The molecule has 1 N–H and O–H groups in total. The Labute approximate surface area is 127 Å². The lowest BCUT2D eigenvalue weighted by Gasteiger charge is -2.20. The highest BCUT2D eigenvalue weighted by molar-refractivity contribution is 5.93. The maximum Gasteiger partial charge on any atom is 0.414 e. The average molecular weight is 311 g/mol. The molecule has 1 aromatic carbocycles. The van der Waals surface area contributed by atoms with Crippen LogP contribution in [0.5, 0.6) is 0 Å². The van der Waals surface area contributed by atoms with Crippen LogP contribution >= 0.6 is 0 Å². The fraction of sp³-hybridized carbons (Fsp3) is 0.467. The summed E-state index contributed by atoms with van der Waals surface area (Å²) < 4.78 is 24.1. The van der Waals surface area contributed by atoms with Crippen LogP contribution in [0.4, 0.5) is 14.9 Å². The first-order chi connectivity index (χ1) is 10.2. The van der Waals surface area contributed by atoms with Crippen molar-refractivity contribution >= 4 is 17.7 Å². The van der Waals surface area contributed by atoms with Gasteiger partial charge in [-0.25, -0.2) is 14.0 Å². The molecule has 2 rings (SSSR count). The summed E-state index contributed by atoms with van der Waals surface area (Å²) in [5.74, 6) is -1.55. The van der Waals surface area contributed by atoms with Crippen LogP contribution in [-0.4, -0.2) is 42.0 Å². The minimum Gasteiger partial charge on any atom is -0.456 e. The number of halogens is 1. The van der Waals surface area contributed by atoms with Gasteiger partial charge in [-0.2, -0.15) is 0 Å². The molecule has 1 fully saturated rings. The van der Waals surface area contributed by atoms with E-state index < -0.39 is 29.6 Å². The molecule has 7 heteroatoms. The van der Waals surface area contributed by atoms with Gasteiger partial charge in [-0.15, -0.1) is 0 Å². The number of ether oxygens (including phenoxy) is 2. The number of hydrogen-bond donors (Lipinski definition) is 1. The smallest absolute Gasteiger partial charge is 0.414 e. The molecule has 1 atom stereocenters. The van der Waals surface area contributed by atoms with Crippen LogP contribution in [0.1, 0.15) is 31.1 Å². The van der Waals surface area contributed by atoms with Crippen molar-refractivity contribution in [2.75, 3.05) is 18.1 Å². The second-order valence-electron chi connectivity index (χ2n) is 5.96. The highest BCUT2D eigenvalue weighted by Gasteiger charge is 2.32. The van der Waals surface area contributed by atoms with Crippen LogP contribution in [0, 0.1) is 5.82 Å². The predicted molar refractivity (Wildman–Crippen MR) is 76.3 cm³/mol. The first-order valence-corrected chi connectivity index (χ1v) is 6.83. The monoisotopic (exact) mass is 311 g/mol. The average Bonchev–Trinajstić information content (AvgIpc) is 2.77. The fourth-order valence-corrected chi connectivity index (χ4v) is 2.00. The standard InChI is InChI=1S/C15H18FNO5/c1-15(2,3)22-13(19)11-5-4-9(6-12(11)16)17-7-10(8-18)21-14(17)20/h4-6,10,18H,7-8H2,1-3H3/t10-/m1/s1. The molecule has 1 aliphatic heterocycles. The van der Waals surface area contributed by atoms with E-state index >= 15 is 0 Å². The quantitative estimate of drug-likeness (QED) is 0.865. The number of aliphatic hydroxyl groups excluding tert-OH is 1. The molecular weight excluding hydrogens is 293 g/mol. The molecule has 0 bridgehead atoms. The fourth-order valence-electron chi connectivity index (χ4n) is 2.00. The number of anilines is 1. The maximum atomic E-state index is 14.1. The lowest BCUT2D eigenvalue weighted by atomic mass is 10.1. The summed E-state index contributed by atoms with van der Waals surface area (Å²) in [5, 5.41) is 8.99. The molecule has 1 aliphatic rings. The van der Waals surface area contributed by atoms with E-state index in [1.54, 1.807) is 20.8 Å². The Balaban J connectivity index is 2.20. The van der Waals surface area contributed by atoms with Gasteiger partial charge in [0.05, 0.1) is 24.4 Å². The SMILES string of the molecule is CC(C)(C)OC(=O)c1ccc(N2C[C@H](CO)OC2=O)cc1F. The number of aliphatic hydroxyl groups is 1. The summed E-state index contributed by atoms with van der Waals surface area (Å²) in [6.07, 6.45) is -1.30. The molecule has 0 aliphatic carbocycles. The van der Waals surface area contributed by atoms with Crippen molar-refractivity contribution in [3.63, 3.8) is 0 Å². The lowest BCUT2D eigenvalue weighted by Crippen LogP contribution is -2.26. The van der Waals surface area contributed by atoms with E-state index in [1.165, 1.54) is 17.0 Å². The zero-order valence-electron chi connectivity index (χ0n) is 12.6. The first-order valence-electron chi connectivity index (χ1n) is 6.83. The van der Waals surface area contributed by atoms with Gasteiger partial charge in [0.1, 0.15) is 17.5 Å². The van der Waals surface area contributed by atoms with Crippen LogP contribution < -0.4 is 4.90 Å². The van der Waals surface area contributed by atoms with Crippen molar-refractivity contribution in [1.82, 2.24) is 0 Å². The van der Waals surface area contributed by atoms with E-state index in [0.717, 1.165) is 6.07 Å². The van der Waals surface area contributed by atoms with Gasteiger partial charge in [-0.1, -0.05) is 0 Å². The Kier molecular flexibility index (Phi) is 4.37. The normalized spacial score (nSPS) is 18.3. The number of benzene rings is 1. The minimum atomic E-state index is -0.785. The first kappa shape index (κ1) is 16.2. The van der Waals surface area contributed by atoms with Gasteiger partial charge in [-0.05, 0) is 39.0 Å². The molecule has 1 saturated heterocycles. The number of hydrogen-bond acceptors (Lipinski definition) is 5. The number of cyclic esters (lactones) is 1. The highest BCUT2D eigenvalue weighted by atomic mass is 19.1. The molecule has 1 aromatic rings.